The Kier molecular flexibility index (Phi) is 6.21. The van der Waals surface area contributed by atoms with Crippen LogP contribution < -0.4 is 9.47 Å². The highest BCUT2D eigenvalue weighted by atomic mass is 16.5. The number of carbonyl (C=O) groups excluding carboxylic acids is 1. The van der Waals surface area contributed by atoms with E-state index >= 15 is 0 Å². The molecule has 0 radical (unpaired) electrons. The maximum Gasteiger partial charge on any atom is 0.260 e. The maximum absolute atomic E-state index is 12.8. The molecule has 5 rings (SSSR count). The van der Waals surface area contributed by atoms with Gasteiger partial charge in [0, 0.05) is 26.2 Å². The predicted molar refractivity (Wildman–Crippen MR) is 133 cm³/mol. The summed E-state index contributed by atoms with van der Waals surface area (Å²) in [5.41, 5.74) is 4.10. The number of para-hydroxylation sites is 1. The molecule has 0 unspecified atom stereocenters. The lowest BCUT2D eigenvalue weighted by atomic mass is 10.1. The quantitative estimate of drug-likeness (QED) is 0.551. The van der Waals surface area contributed by atoms with Crippen molar-refractivity contribution >= 4 is 17.4 Å². The standard InChI is InChI=1S/C28H29N3O3/c1-20-10-12-25-23(17-20)28(29-24-11-9-21(2)18-26(24)34-25)31-14-6-13-30(15-16-31)27(32)19-33-22-7-4-3-5-8-22/h3-5,7-12,17-18H,6,13-16,19H2,1-2H3. The molecule has 6 heteroatoms. The van der Waals surface area contributed by atoms with Gasteiger partial charge in [-0.05, 0) is 62.2 Å². The first-order valence-corrected chi connectivity index (χ1v) is 11.8. The van der Waals surface area contributed by atoms with E-state index in [1.54, 1.807) is 0 Å². The molecule has 0 spiro atoms. The highest BCUT2D eigenvalue weighted by Gasteiger charge is 2.26. The number of rotatable bonds is 3. The van der Waals surface area contributed by atoms with Crippen LogP contribution in [0.15, 0.2) is 71.7 Å². The molecule has 0 saturated carbocycles. The van der Waals surface area contributed by atoms with Crippen molar-refractivity contribution in [1.82, 2.24) is 9.80 Å². The predicted octanol–water partition coefficient (Wildman–Crippen LogP) is 5.10. The molecule has 34 heavy (non-hydrogen) atoms. The van der Waals surface area contributed by atoms with Gasteiger partial charge >= 0.3 is 0 Å². The Labute approximate surface area is 200 Å². The smallest absolute Gasteiger partial charge is 0.260 e. The Balaban J connectivity index is 1.36. The molecular weight excluding hydrogens is 426 g/mol. The van der Waals surface area contributed by atoms with Gasteiger partial charge in [-0.1, -0.05) is 35.9 Å². The van der Waals surface area contributed by atoms with Crippen molar-refractivity contribution in [2.24, 2.45) is 4.99 Å². The van der Waals surface area contributed by atoms with Gasteiger partial charge < -0.3 is 19.3 Å². The summed E-state index contributed by atoms with van der Waals surface area (Å²) in [6, 6.07) is 21.8. The van der Waals surface area contributed by atoms with Gasteiger partial charge in [-0.2, -0.15) is 0 Å². The minimum Gasteiger partial charge on any atom is -0.484 e. The maximum atomic E-state index is 12.8. The number of hydrogen-bond acceptors (Lipinski definition) is 5. The highest BCUT2D eigenvalue weighted by molar-refractivity contribution is 6.04. The van der Waals surface area contributed by atoms with Crippen molar-refractivity contribution in [2.45, 2.75) is 20.3 Å². The Morgan fingerprint density at radius 3 is 2.56 bits per heavy atom. The molecule has 0 aromatic heterocycles. The second-order valence-corrected chi connectivity index (χ2v) is 8.83. The Morgan fingerprint density at radius 1 is 0.912 bits per heavy atom. The number of ether oxygens (including phenoxy) is 2. The van der Waals surface area contributed by atoms with Gasteiger partial charge in [-0.25, -0.2) is 4.99 Å². The molecule has 0 N–H and O–H groups in total. The molecule has 2 aliphatic rings. The van der Waals surface area contributed by atoms with Gasteiger partial charge in [0.15, 0.2) is 12.4 Å². The highest BCUT2D eigenvalue weighted by Crippen LogP contribution is 2.39. The van der Waals surface area contributed by atoms with Gasteiger partial charge in [0.05, 0.1) is 5.56 Å². The molecule has 0 bridgehead atoms. The second-order valence-electron chi connectivity index (χ2n) is 8.83. The Bertz CT molecular complexity index is 1220. The van der Waals surface area contributed by atoms with Crippen LogP contribution in [0.4, 0.5) is 5.69 Å². The fourth-order valence-electron chi connectivity index (χ4n) is 4.37. The molecule has 1 amide bonds. The largest absolute Gasteiger partial charge is 0.484 e. The third kappa shape index (κ3) is 4.76. The summed E-state index contributed by atoms with van der Waals surface area (Å²) in [5, 5.41) is 0. The molecule has 0 aliphatic carbocycles. The van der Waals surface area contributed by atoms with Crippen LogP contribution in [0.5, 0.6) is 17.2 Å². The average molecular weight is 456 g/mol. The Hall–Kier alpha value is -3.80. The van der Waals surface area contributed by atoms with Crippen LogP contribution in [-0.2, 0) is 4.79 Å². The molecule has 3 aromatic carbocycles. The van der Waals surface area contributed by atoms with Crippen LogP contribution >= 0.6 is 0 Å². The van der Waals surface area contributed by atoms with Crippen LogP contribution in [0, 0.1) is 13.8 Å². The number of carbonyl (C=O) groups is 1. The van der Waals surface area contributed by atoms with Crippen LogP contribution in [0.3, 0.4) is 0 Å². The number of aliphatic imine (C=N–C) groups is 1. The number of amides is 1. The zero-order valence-corrected chi connectivity index (χ0v) is 19.7. The van der Waals surface area contributed by atoms with Crippen LogP contribution in [0.25, 0.3) is 0 Å². The summed E-state index contributed by atoms with van der Waals surface area (Å²) in [6.07, 6.45) is 0.860. The molecule has 1 fully saturated rings. The van der Waals surface area contributed by atoms with Gasteiger partial charge in [-0.3, -0.25) is 4.79 Å². The van der Waals surface area contributed by atoms with E-state index in [1.807, 2.05) is 53.4 Å². The molecule has 174 valence electrons. The van der Waals surface area contributed by atoms with Gasteiger partial charge in [0.1, 0.15) is 23.0 Å². The number of fused-ring (bicyclic) bond motifs is 2. The monoisotopic (exact) mass is 455 g/mol. The van der Waals surface area contributed by atoms with Crippen molar-refractivity contribution in [3.63, 3.8) is 0 Å². The zero-order chi connectivity index (χ0) is 23.5. The number of benzene rings is 3. The van der Waals surface area contributed by atoms with Crippen molar-refractivity contribution < 1.29 is 14.3 Å². The lowest BCUT2D eigenvalue weighted by Gasteiger charge is -2.25. The third-order valence-corrected chi connectivity index (χ3v) is 6.19. The molecule has 0 atom stereocenters. The average Bonchev–Trinajstić information content (AvgIpc) is 3.18. The van der Waals surface area contributed by atoms with Crippen molar-refractivity contribution in [2.75, 3.05) is 32.8 Å². The number of aryl methyl sites for hydroxylation is 2. The topological polar surface area (TPSA) is 54.4 Å². The first-order valence-electron chi connectivity index (χ1n) is 11.8. The van der Waals surface area contributed by atoms with Crippen molar-refractivity contribution in [3.05, 3.63) is 83.4 Å². The molecule has 1 saturated heterocycles. The minimum atomic E-state index is 0.00825. The fourth-order valence-corrected chi connectivity index (χ4v) is 4.37. The molecular formula is C28H29N3O3. The van der Waals surface area contributed by atoms with Crippen LogP contribution in [0.2, 0.25) is 0 Å². The van der Waals surface area contributed by atoms with E-state index in [-0.39, 0.29) is 12.5 Å². The molecule has 2 heterocycles. The Morgan fingerprint density at radius 2 is 1.71 bits per heavy atom. The fraction of sp³-hybridized carbons (Fsp3) is 0.286. The normalized spacial score (nSPS) is 15.3. The molecule has 3 aromatic rings. The SMILES string of the molecule is Cc1ccc2c(c1)Oc1ccc(C)cc1C(N1CCCN(C(=O)COc3ccccc3)CC1)=N2. The number of hydrogen-bond donors (Lipinski definition) is 0. The zero-order valence-electron chi connectivity index (χ0n) is 19.7. The van der Waals surface area contributed by atoms with Crippen LogP contribution in [0.1, 0.15) is 23.1 Å². The van der Waals surface area contributed by atoms with Crippen molar-refractivity contribution in [1.29, 1.82) is 0 Å². The lowest BCUT2D eigenvalue weighted by Crippen LogP contribution is -2.39. The summed E-state index contributed by atoms with van der Waals surface area (Å²) in [7, 11) is 0. The lowest BCUT2D eigenvalue weighted by molar-refractivity contribution is -0.133. The van der Waals surface area contributed by atoms with E-state index in [4.69, 9.17) is 14.5 Å². The number of nitrogens with zero attached hydrogens (tertiary/aromatic N) is 3. The van der Waals surface area contributed by atoms with Gasteiger partial charge in [0.2, 0.25) is 0 Å². The molecule has 6 nitrogen and oxygen atoms in total. The second kappa shape index (κ2) is 9.59. The van der Waals surface area contributed by atoms with Gasteiger partial charge in [0.25, 0.3) is 5.91 Å². The summed E-state index contributed by atoms with van der Waals surface area (Å²) in [5.74, 6) is 3.19. The van der Waals surface area contributed by atoms with E-state index < -0.39 is 0 Å². The third-order valence-electron chi connectivity index (χ3n) is 6.19. The van der Waals surface area contributed by atoms with Crippen LogP contribution in [-0.4, -0.2) is 54.3 Å². The van der Waals surface area contributed by atoms with E-state index in [0.717, 1.165) is 52.7 Å². The van der Waals surface area contributed by atoms with E-state index in [9.17, 15) is 4.79 Å². The minimum absolute atomic E-state index is 0.00825. The molecule has 2 aliphatic heterocycles. The number of amidine groups is 1. The summed E-state index contributed by atoms with van der Waals surface area (Å²) in [4.78, 5) is 22.1. The van der Waals surface area contributed by atoms with E-state index in [0.29, 0.717) is 25.4 Å². The summed E-state index contributed by atoms with van der Waals surface area (Å²) >= 11 is 0. The van der Waals surface area contributed by atoms with E-state index in [2.05, 4.69) is 36.9 Å². The van der Waals surface area contributed by atoms with E-state index in [1.165, 1.54) is 0 Å². The summed E-state index contributed by atoms with van der Waals surface area (Å²) < 4.78 is 12.0. The van der Waals surface area contributed by atoms with Gasteiger partial charge in [-0.15, -0.1) is 0 Å². The first kappa shape index (κ1) is 22.0. The first-order chi connectivity index (χ1) is 16.6. The summed E-state index contributed by atoms with van der Waals surface area (Å²) in [6.45, 7) is 7.02. The van der Waals surface area contributed by atoms with Crippen molar-refractivity contribution in [3.8, 4) is 17.2 Å².